The van der Waals surface area contributed by atoms with Gasteiger partial charge in [-0.05, 0) is 55.4 Å². The summed E-state index contributed by atoms with van der Waals surface area (Å²) >= 11 is 0.995. The zero-order valence-electron chi connectivity index (χ0n) is 19.5. The van der Waals surface area contributed by atoms with Gasteiger partial charge in [-0.25, -0.2) is 9.97 Å². The molecule has 0 amide bonds. The van der Waals surface area contributed by atoms with Gasteiger partial charge in [-0.1, -0.05) is 17.8 Å². The third-order valence-electron chi connectivity index (χ3n) is 7.39. The lowest BCUT2D eigenvalue weighted by atomic mass is 9.73. The van der Waals surface area contributed by atoms with Crippen LogP contribution in [0.5, 0.6) is 0 Å². The highest BCUT2D eigenvalue weighted by atomic mass is 32.2. The van der Waals surface area contributed by atoms with Crippen molar-refractivity contribution in [1.29, 1.82) is 0 Å². The second kappa shape index (κ2) is 8.45. The van der Waals surface area contributed by atoms with E-state index in [-0.39, 0.29) is 16.4 Å². The second-order valence-electron chi connectivity index (χ2n) is 9.44. The van der Waals surface area contributed by atoms with Crippen molar-refractivity contribution in [1.82, 2.24) is 24.3 Å². The molecular formula is C25H24F3N7S. The van der Waals surface area contributed by atoms with Crippen LogP contribution in [0.25, 0.3) is 5.65 Å². The molecule has 186 valence electrons. The number of aryl methyl sites for hydroxylation is 1. The van der Waals surface area contributed by atoms with E-state index in [1.165, 1.54) is 12.1 Å². The largest absolute Gasteiger partial charge is 0.434 e. The predicted molar refractivity (Wildman–Crippen MR) is 130 cm³/mol. The first-order valence-electron chi connectivity index (χ1n) is 11.7. The summed E-state index contributed by atoms with van der Waals surface area (Å²) in [4.78, 5) is 20.3. The molecule has 7 nitrogen and oxygen atoms in total. The molecule has 1 fully saturated rings. The Hall–Kier alpha value is -3.18. The number of anilines is 1. The fraction of sp³-hybridized carbons (Fsp3) is 0.360. The Bertz CT molecular complexity index is 1440. The zero-order valence-corrected chi connectivity index (χ0v) is 20.4. The number of hydrogen-bond acceptors (Lipinski definition) is 7. The van der Waals surface area contributed by atoms with Crippen LogP contribution in [0, 0.1) is 12.3 Å². The van der Waals surface area contributed by atoms with E-state index >= 15 is 0 Å². The molecule has 5 heterocycles. The maximum Gasteiger partial charge on any atom is 0.434 e. The number of nitrogens with zero attached hydrogens (tertiary/aromatic N) is 6. The average Bonchev–Trinajstić information content (AvgIpc) is 3.45. The molecule has 0 aromatic carbocycles. The highest BCUT2D eigenvalue weighted by Gasteiger charge is 2.47. The number of alkyl halides is 3. The quantitative estimate of drug-likeness (QED) is 0.421. The summed E-state index contributed by atoms with van der Waals surface area (Å²) in [5.74, 6) is 0.739. The number of nitrogens with two attached hydrogens (primary N) is 1. The van der Waals surface area contributed by atoms with Crippen LogP contribution in [0.15, 0.2) is 58.8 Å². The molecule has 1 atom stereocenters. The molecule has 1 aliphatic carbocycles. The van der Waals surface area contributed by atoms with Crippen molar-refractivity contribution in [3.63, 3.8) is 0 Å². The number of pyridine rings is 2. The summed E-state index contributed by atoms with van der Waals surface area (Å²) in [5.41, 5.74) is 9.22. The van der Waals surface area contributed by atoms with Gasteiger partial charge in [0.05, 0.1) is 10.6 Å². The molecule has 1 aliphatic heterocycles. The summed E-state index contributed by atoms with van der Waals surface area (Å²) < 4.78 is 42.4. The monoisotopic (exact) mass is 511 g/mol. The van der Waals surface area contributed by atoms with Gasteiger partial charge in [0.2, 0.25) is 5.95 Å². The number of fused-ring (bicyclic) bond motifs is 2. The first kappa shape index (κ1) is 23.2. The van der Waals surface area contributed by atoms with Crippen LogP contribution in [0.3, 0.4) is 0 Å². The molecule has 2 N–H and O–H groups in total. The minimum atomic E-state index is -4.55. The van der Waals surface area contributed by atoms with Crippen LogP contribution in [0.4, 0.5) is 19.1 Å². The van der Waals surface area contributed by atoms with Crippen LogP contribution in [-0.4, -0.2) is 37.4 Å². The van der Waals surface area contributed by atoms with Gasteiger partial charge in [0, 0.05) is 54.5 Å². The molecule has 1 saturated heterocycles. The Kier molecular flexibility index (Phi) is 5.45. The van der Waals surface area contributed by atoms with E-state index in [4.69, 9.17) is 10.7 Å². The number of halogens is 3. The van der Waals surface area contributed by atoms with Gasteiger partial charge in [-0.2, -0.15) is 13.2 Å². The van der Waals surface area contributed by atoms with Crippen LogP contribution < -0.4 is 10.6 Å². The Morgan fingerprint density at radius 1 is 1.06 bits per heavy atom. The highest BCUT2D eigenvalue weighted by molar-refractivity contribution is 7.99. The summed E-state index contributed by atoms with van der Waals surface area (Å²) in [6, 6.07) is 6.92. The van der Waals surface area contributed by atoms with Crippen molar-refractivity contribution in [2.24, 2.45) is 11.1 Å². The van der Waals surface area contributed by atoms with Crippen molar-refractivity contribution < 1.29 is 13.2 Å². The third-order valence-corrected chi connectivity index (χ3v) is 8.62. The Morgan fingerprint density at radius 2 is 1.81 bits per heavy atom. The lowest BCUT2D eigenvalue weighted by Gasteiger charge is -2.42. The first-order valence-corrected chi connectivity index (χ1v) is 12.6. The molecule has 0 unspecified atom stereocenters. The zero-order chi connectivity index (χ0) is 25.1. The van der Waals surface area contributed by atoms with Gasteiger partial charge < -0.3 is 10.6 Å². The van der Waals surface area contributed by atoms with Crippen molar-refractivity contribution >= 4 is 23.4 Å². The molecule has 1 spiro atoms. The molecule has 0 saturated carbocycles. The predicted octanol–water partition coefficient (Wildman–Crippen LogP) is 4.84. The smallest absolute Gasteiger partial charge is 0.342 e. The van der Waals surface area contributed by atoms with E-state index < -0.39 is 11.9 Å². The average molecular weight is 512 g/mol. The molecule has 0 bridgehead atoms. The second-order valence-corrected chi connectivity index (χ2v) is 10.5. The van der Waals surface area contributed by atoms with Gasteiger partial charge in [0.1, 0.15) is 0 Å². The number of piperidine rings is 1. The molecule has 36 heavy (non-hydrogen) atoms. The molecular weight excluding hydrogens is 487 g/mol. The number of rotatable bonds is 3. The van der Waals surface area contributed by atoms with E-state index in [2.05, 4.69) is 25.9 Å². The van der Waals surface area contributed by atoms with Crippen molar-refractivity contribution in [2.45, 2.75) is 48.2 Å². The molecule has 2 aliphatic rings. The maximum absolute atomic E-state index is 13.5. The fourth-order valence-electron chi connectivity index (χ4n) is 5.48. The summed E-state index contributed by atoms with van der Waals surface area (Å²) in [6.45, 7) is 3.36. The first-order chi connectivity index (χ1) is 17.3. The molecule has 11 heteroatoms. The lowest BCUT2D eigenvalue weighted by Crippen LogP contribution is -2.45. The van der Waals surface area contributed by atoms with E-state index in [1.54, 1.807) is 12.4 Å². The molecule has 4 aromatic heterocycles. The maximum atomic E-state index is 13.5. The van der Waals surface area contributed by atoms with Crippen LogP contribution in [0.2, 0.25) is 0 Å². The fourth-order valence-corrected chi connectivity index (χ4v) is 6.55. The Balaban J connectivity index is 1.29. The van der Waals surface area contributed by atoms with E-state index in [1.807, 2.05) is 23.6 Å². The topological polar surface area (TPSA) is 85.2 Å². The summed E-state index contributed by atoms with van der Waals surface area (Å²) in [6.07, 6.45) is 4.58. The summed E-state index contributed by atoms with van der Waals surface area (Å²) in [7, 11) is 0. The van der Waals surface area contributed by atoms with Gasteiger partial charge in [-0.15, -0.1) is 0 Å². The Morgan fingerprint density at radius 3 is 2.56 bits per heavy atom. The lowest BCUT2D eigenvalue weighted by molar-refractivity contribution is -0.143. The number of imidazole rings is 1. The van der Waals surface area contributed by atoms with E-state index in [0.717, 1.165) is 67.5 Å². The van der Waals surface area contributed by atoms with Crippen LogP contribution >= 0.6 is 11.8 Å². The normalized spacial score (nSPS) is 19.2. The molecule has 4 aromatic rings. The molecule has 0 radical (unpaired) electrons. The summed E-state index contributed by atoms with van der Waals surface area (Å²) in [5, 5.41) is 0. The molecule has 6 rings (SSSR count). The van der Waals surface area contributed by atoms with Crippen molar-refractivity contribution in [3.05, 3.63) is 71.7 Å². The highest BCUT2D eigenvalue weighted by Crippen LogP contribution is 2.50. The van der Waals surface area contributed by atoms with Crippen LogP contribution in [0.1, 0.15) is 41.5 Å². The van der Waals surface area contributed by atoms with Gasteiger partial charge >= 0.3 is 6.18 Å². The minimum Gasteiger partial charge on any atom is -0.342 e. The standard InChI is InChI=1S/C25H24F3N7S/c1-15-19(36-18-5-3-9-31-21(18)25(26,27)28)22-32-10-13-35(22)23(33-15)34-11-6-24(7-12-34)14-17-16(20(24)29)4-2-8-30-17/h2-5,8-10,13,20H,6-7,11-12,14,29H2,1H3/t20-/m1/s1. The van der Waals surface area contributed by atoms with E-state index in [9.17, 15) is 13.2 Å². The third kappa shape index (κ3) is 3.72. The van der Waals surface area contributed by atoms with E-state index in [0.29, 0.717) is 16.2 Å². The number of hydrogen-bond donors (Lipinski definition) is 1. The van der Waals surface area contributed by atoms with Crippen molar-refractivity contribution in [2.75, 3.05) is 18.0 Å². The SMILES string of the molecule is Cc1nc(N2CCC3(CC2)Cc2ncccc2[C@H]3N)n2ccnc2c1Sc1cccnc1C(F)(F)F. The van der Waals surface area contributed by atoms with Crippen molar-refractivity contribution in [3.8, 4) is 0 Å². The minimum absolute atomic E-state index is 0.0135. The number of aromatic nitrogens is 5. The Labute approximate surface area is 210 Å². The van der Waals surface area contributed by atoms with Gasteiger partial charge in [0.25, 0.3) is 0 Å². The van der Waals surface area contributed by atoms with Crippen LogP contribution in [-0.2, 0) is 12.6 Å². The van der Waals surface area contributed by atoms with Gasteiger partial charge in [-0.3, -0.25) is 14.4 Å². The van der Waals surface area contributed by atoms with Gasteiger partial charge in [0.15, 0.2) is 11.3 Å².